The van der Waals surface area contributed by atoms with Gasteiger partial charge in [-0.15, -0.1) is 0 Å². The van der Waals surface area contributed by atoms with Gasteiger partial charge in [0.2, 0.25) is 0 Å². The molecule has 3 nitrogen and oxygen atoms in total. The first kappa shape index (κ1) is 11.7. The zero-order valence-corrected chi connectivity index (χ0v) is 9.38. The Balaban J connectivity index is 2.69. The lowest BCUT2D eigenvalue weighted by Crippen LogP contribution is -2.19. The van der Waals surface area contributed by atoms with E-state index in [4.69, 9.17) is 23.1 Å². The Morgan fingerprint density at radius 1 is 1.47 bits per heavy atom. The molecule has 1 aromatic rings. The summed E-state index contributed by atoms with van der Waals surface area (Å²) in [6.45, 7) is 1.32. The van der Waals surface area contributed by atoms with Crippen LogP contribution in [0, 0.1) is 12.0 Å². The molecule has 15 heavy (non-hydrogen) atoms. The number of nitrogens with zero attached hydrogens (tertiary/aromatic N) is 1. The number of benzene rings is 1. The third-order valence-electron chi connectivity index (χ3n) is 2.00. The fraction of sp³-hybridized carbons (Fsp3) is 0.273. The molecule has 0 aliphatic carbocycles. The lowest BCUT2D eigenvalue weighted by molar-refractivity contribution is 0.369. The SMILES string of the molecule is CN(CC#CN)Cc1cc(Cl)ccc1N. The molecule has 0 amide bonds. The first-order valence-corrected chi connectivity index (χ1v) is 4.92. The first-order chi connectivity index (χ1) is 7.13. The van der Waals surface area contributed by atoms with E-state index in [1.807, 2.05) is 18.0 Å². The quantitative estimate of drug-likeness (QED) is 0.461. The van der Waals surface area contributed by atoms with E-state index in [2.05, 4.69) is 12.0 Å². The topological polar surface area (TPSA) is 55.3 Å². The molecule has 0 unspecified atom stereocenters. The van der Waals surface area contributed by atoms with Gasteiger partial charge in [-0.3, -0.25) is 4.90 Å². The minimum atomic E-state index is 0.614. The maximum absolute atomic E-state index is 5.88. The second kappa shape index (κ2) is 5.50. The zero-order valence-electron chi connectivity index (χ0n) is 8.63. The third kappa shape index (κ3) is 3.70. The van der Waals surface area contributed by atoms with E-state index >= 15 is 0 Å². The molecule has 0 bridgehead atoms. The minimum absolute atomic E-state index is 0.614. The van der Waals surface area contributed by atoms with Crippen LogP contribution < -0.4 is 11.5 Å². The molecular formula is C11H14ClN3. The van der Waals surface area contributed by atoms with Crippen LogP contribution in [0.5, 0.6) is 0 Å². The van der Waals surface area contributed by atoms with Crippen LogP contribution in [-0.2, 0) is 6.54 Å². The van der Waals surface area contributed by atoms with E-state index in [0.717, 1.165) is 11.3 Å². The number of halogens is 1. The van der Waals surface area contributed by atoms with E-state index < -0.39 is 0 Å². The largest absolute Gasteiger partial charge is 0.398 e. The highest BCUT2D eigenvalue weighted by atomic mass is 35.5. The molecule has 0 saturated heterocycles. The van der Waals surface area contributed by atoms with Gasteiger partial charge >= 0.3 is 0 Å². The Kier molecular flexibility index (Phi) is 4.29. The summed E-state index contributed by atoms with van der Waals surface area (Å²) in [5.74, 6) is 2.78. The van der Waals surface area contributed by atoms with Crippen molar-refractivity contribution in [2.75, 3.05) is 19.3 Å². The summed E-state index contributed by atoms with van der Waals surface area (Å²) in [5, 5.41) is 0.692. The summed E-state index contributed by atoms with van der Waals surface area (Å²) in [6.07, 6.45) is 0. The number of anilines is 1. The van der Waals surface area contributed by atoms with Gasteiger partial charge in [-0.05, 0) is 30.8 Å². The molecular weight excluding hydrogens is 210 g/mol. The Labute approximate surface area is 95.0 Å². The number of hydrogen-bond acceptors (Lipinski definition) is 3. The maximum Gasteiger partial charge on any atom is 0.0620 e. The lowest BCUT2D eigenvalue weighted by Gasteiger charge is -2.14. The van der Waals surface area contributed by atoms with Crippen LogP contribution in [0.2, 0.25) is 5.02 Å². The fourth-order valence-corrected chi connectivity index (χ4v) is 1.43. The van der Waals surface area contributed by atoms with Crippen molar-refractivity contribution in [3.05, 3.63) is 28.8 Å². The van der Waals surface area contributed by atoms with E-state index in [9.17, 15) is 0 Å². The molecule has 4 N–H and O–H groups in total. The van der Waals surface area contributed by atoms with Crippen molar-refractivity contribution in [2.45, 2.75) is 6.54 Å². The molecule has 0 aliphatic heterocycles. The van der Waals surface area contributed by atoms with Gasteiger partial charge in [-0.25, -0.2) is 0 Å². The van der Waals surface area contributed by atoms with E-state index in [1.54, 1.807) is 12.1 Å². The van der Waals surface area contributed by atoms with Gasteiger partial charge in [0.05, 0.1) is 6.54 Å². The summed E-state index contributed by atoms with van der Waals surface area (Å²) in [4.78, 5) is 2.02. The van der Waals surface area contributed by atoms with Crippen LogP contribution >= 0.6 is 11.6 Å². The van der Waals surface area contributed by atoms with Gasteiger partial charge < -0.3 is 11.5 Å². The average molecular weight is 224 g/mol. The zero-order chi connectivity index (χ0) is 11.3. The van der Waals surface area contributed by atoms with Crippen LogP contribution in [0.1, 0.15) is 5.56 Å². The van der Waals surface area contributed by atoms with Crippen LogP contribution in [0.3, 0.4) is 0 Å². The Morgan fingerprint density at radius 3 is 2.87 bits per heavy atom. The highest BCUT2D eigenvalue weighted by Crippen LogP contribution is 2.18. The van der Waals surface area contributed by atoms with Gasteiger partial charge in [0.1, 0.15) is 0 Å². The Hall–Kier alpha value is -1.37. The monoisotopic (exact) mass is 223 g/mol. The van der Waals surface area contributed by atoms with Crippen molar-refractivity contribution in [3.63, 3.8) is 0 Å². The summed E-state index contributed by atoms with van der Waals surface area (Å²) < 4.78 is 0. The molecule has 0 heterocycles. The van der Waals surface area contributed by atoms with Gasteiger partial charge in [-0.1, -0.05) is 17.5 Å². The highest BCUT2D eigenvalue weighted by Gasteiger charge is 2.03. The van der Waals surface area contributed by atoms with E-state index in [-0.39, 0.29) is 0 Å². The number of nitrogens with two attached hydrogens (primary N) is 2. The van der Waals surface area contributed by atoms with Crippen molar-refractivity contribution in [2.24, 2.45) is 5.73 Å². The van der Waals surface area contributed by atoms with Crippen LogP contribution in [0.15, 0.2) is 18.2 Å². The molecule has 1 rings (SSSR count). The normalized spacial score (nSPS) is 9.80. The van der Waals surface area contributed by atoms with Gasteiger partial charge in [0.15, 0.2) is 0 Å². The second-order valence-corrected chi connectivity index (χ2v) is 3.77. The Morgan fingerprint density at radius 2 is 2.20 bits per heavy atom. The van der Waals surface area contributed by atoms with Crippen LogP contribution in [0.25, 0.3) is 0 Å². The Bertz CT molecular complexity index is 393. The highest BCUT2D eigenvalue weighted by molar-refractivity contribution is 6.30. The molecule has 80 valence electrons. The molecule has 4 heteroatoms. The van der Waals surface area contributed by atoms with E-state index in [0.29, 0.717) is 18.1 Å². The molecule has 0 saturated carbocycles. The second-order valence-electron chi connectivity index (χ2n) is 3.34. The molecule has 0 spiro atoms. The lowest BCUT2D eigenvalue weighted by atomic mass is 10.2. The number of nitrogen functional groups attached to an aromatic ring is 1. The van der Waals surface area contributed by atoms with Crippen molar-refractivity contribution >= 4 is 17.3 Å². The molecule has 0 fully saturated rings. The van der Waals surface area contributed by atoms with Crippen molar-refractivity contribution < 1.29 is 0 Å². The first-order valence-electron chi connectivity index (χ1n) is 4.54. The van der Waals surface area contributed by atoms with Crippen LogP contribution in [0.4, 0.5) is 5.69 Å². The van der Waals surface area contributed by atoms with Gasteiger partial charge in [0, 0.05) is 23.3 Å². The maximum atomic E-state index is 5.88. The van der Waals surface area contributed by atoms with Crippen molar-refractivity contribution in [3.8, 4) is 12.0 Å². The molecule has 0 atom stereocenters. The molecule has 0 radical (unpaired) electrons. The number of rotatable bonds is 3. The summed E-state index contributed by atoms with van der Waals surface area (Å²) in [7, 11) is 1.95. The number of hydrogen-bond donors (Lipinski definition) is 2. The van der Waals surface area contributed by atoms with Crippen molar-refractivity contribution in [1.82, 2.24) is 4.90 Å². The summed E-state index contributed by atoms with van der Waals surface area (Å²) in [6, 6.07) is 7.81. The minimum Gasteiger partial charge on any atom is -0.398 e. The molecule has 1 aromatic carbocycles. The average Bonchev–Trinajstić information content (AvgIpc) is 2.20. The van der Waals surface area contributed by atoms with Crippen molar-refractivity contribution in [1.29, 1.82) is 0 Å². The fourth-order valence-electron chi connectivity index (χ4n) is 1.24. The summed E-state index contributed by atoms with van der Waals surface area (Å²) in [5.41, 5.74) is 12.7. The molecule has 0 aliphatic rings. The van der Waals surface area contributed by atoms with Crippen LogP contribution in [-0.4, -0.2) is 18.5 Å². The smallest absolute Gasteiger partial charge is 0.0620 e. The predicted octanol–water partition coefficient (Wildman–Crippen LogP) is 1.27. The predicted molar refractivity (Wildman–Crippen MR) is 64.2 cm³/mol. The van der Waals surface area contributed by atoms with E-state index in [1.165, 1.54) is 0 Å². The third-order valence-corrected chi connectivity index (χ3v) is 2.23. The van der Waals surface area contributed by atoms with Gasteiger partial charge in [-0.2, -0.15) is 0 Å². The molecule has 0 aromatic heterocycles. The standard InChI is InChI=1S/C11H14ClN3/c1-15(6-2-5-13)8-9-7-10(12)3-4-11(9)14/h3-4,7H,6,8,13-14H2,1H3. The summed E-state index contributed by atoms with van der Waals surface area (Å²) >= 11 is 5.88. The van der Waals surface area contributed by atoms with Gasteiger partial charge in [0.25, 0.3) is 0 Å².